The van der Waals surface area contributed by atoms with Gasteiger partial charge in [0.25, 0.3) is 0 Å². The maximum Gasteiger partial charge on any atom is 0.410 e. The zero-order chi connectivity index (χ0) is 74.7. The smallest absolute Gasteiger partial charge is 0.410 e. The molecule has 3 N–H and O–H groups in total. The van der Waals surface area contributed by atoms with Gasteiger partial charge in [0, 0.05) is 98.1 Å². The number of Topliss-reactive ketones (excluding diaryl/α,β-unsaturated/α-hetero) is 3. The summed E-state index contributed by atoms with van der Waals surface area (Å²) in [6.07, 6.45) is 0.103. The number of rotatable bonds is 32. The Labute approximate surface area is 590 Å². The van der Waals surface area contributed by atoms with Gasteiger partial charge in [-0.1, -0.05) is 65.6 Å². The first kappa shape index (κ1) is 86.6. The van der Waals surface area contributed by atoms with E-state index in [4.69, 9.17) is 53.7 Å². The van der Waals surface area contributed by atoms with Crippen LogP contribution in [0.4, 0.5) is 9.59 Å². The number of amides is 2. The minimum atomic E-state index is -1.18. The zero-order valence-corrected chi connectivity index (χ0v) is 64.3. The van der Waals surface area contributed by atoms with Gasteiger partial charge in [0.15, 0.2) is 23.8 Å². The summed E-state index contributed by atoms with van der Waals surface area (Å²) in [5, 5.41) is 25.5. The predicted octanol–water partition coefficient (Wildman–Crippen LogP) is 10.2. The lowest BCUT2D eigenvalue weighted by Crippen LogP contribution is -2.60. The number of methoxy groups -OCH3 is 2. The standard InChI is InChI=1S/C36H66N6O8.C35H62N6O8/c1-13-30(45)36(9)31(42(34(46)50-36)17-15-14-16-39-40-37)27(7)38-21-22(2)20-35(8,47-12)32(26(6)29(44)18-23(3)43)49-33-25(5)28(41(10)11)19-24(4)48-33;1-12-28-35(8)30(41(33(44)49-35)16-14-13-15-38-39-36)25(6)37-20-21(2)19-34(7,45-11)31(24(5)27(42)18-29(43)47-28)48-32-23(4)26(40(9)10)17-22(3)46-32/h22,24-28,30-33,38,45H,13-21H2,1-12H3;21-26,28,30-32,37H,12-20H2,1-11H3/t22-,24?,25?,26+,27-,28?,30-,31-,32-,33+,35-,36-;21-,22?,23?,24+,25-,26?,28-,30-,31-,32+,34-,35-/m11/s1. The molecule has 2 amide bonds. The van der Waals surface area contributed by atoms with Crippen molar-refractivity contribution in [2.45, 2.75) is 303 Å². The maximum atomic E-state index is 13.9. The number of cyclic esters (lactones) is 2. The molecule has 0 aromatic heterocycles. The molecule has 28 heteroatoms. The molecule has 0 spiro atoms. The average Bonchev–Trinajstić information content (AvgIpc) is 1.64. The molecular weight excluding hydrogens is 1280 g/mol. The van der Waals surface area contributed by atoms with Crippen LogP contribution in [0, 0.1) is 35.5 Å². The molecule has 5 saturated heterocycles. The van der Waals surface area contributed by atoms with Crippen LogP contribution in [0.1, 0.15) is 195 Å². The second-order valence-electron chi connectivity index (χ2n) is 30.6. The predicted molar refractivity (Wildman–Crippen MR) is 376 cm³/mol. The van der Waals surface area contributed by atoms with Crippen LogP contribution in [0.15, 0.2) is 10.2 Å². The highest BCUT2D eigenvalue weighted by Gasteiger charge is 2.60. The molecule has 0 bridgehead atoms. The van der Waals surface area contributed by atoms with Crippen molar-refractivity contribution in [3.05, 3.63) is 20.9 Å². The van der Waals surface area contributed by atoms with Crippen LogP contribution in [0.25, 0.3) is 20.9 Å². The lowest BCUT2D eigenvalue weighted by molar-refractivity contribution is -0.280. The number of fused-ring (bicyclic) bond motifs is 1. The molecule has 0 radical (unpaired) electrons. The Morgan fingerprint density at radius 3 is 1.89 bits per heavy atom. The van der Waals surface area contributed by atoms with E-state index in [1.165, 1.54) is 6.92 Å². The van der Waals surface area contributed by atoms with E-state index >= 15 is 0 Å². The van der Waals surface area contributed by atoms with Crippen molar-refractivity contribution in [1.29, 1.82) is 0 Å². The van der Waals surface area contributed by atoms with Gasteiger partial charge in [-0.15, -0.1) is 0 Å². The number of carbonyl (C=O) groups is 6. The number of esters is 1. The van der Waals surface area contributed by atoms with Gasteiger partial charge in [-0.3, -0.25) is 29.0 Å². The van der Waals surface area contributed by atoms with Crippen LogP contribution in [-0.4, -0.2) is 250 Å². The Morgan fingerprint density at radius 1 is 0.828 bits per heavy atom. The summed E-state index contributed by atoms with van der Waals surface area (Å²) in [4.78, 5) is 92.7. The van der Waals surface area contributed by atoms with Crippen LogP contribution in [0.5, 0.6) is 0 Å². The molecule has 5 heterocycles. The van der Waals surface area contributed by atoms with E-state index in [1.807, 2.05) is 69.5 Å². The van der Waals surface area contributed by atoms with Gasteiger partial charge in [-0.05, 0) is 191 Å². The zero-order valence-electron chi connectivity index (χ0n) is 64.3. The lowest BCUT2D eigenvalue weighted by Gasteiger charge is -2.47. The molecule has 0 aliphatic carbocycles. The number of carbonyl (C=O) groups excluding carboxylic acids is 6. The van der Waals surface area contributed by atoms with Gasteiger partial charge >= 0.3 is 18.2 Å². The summed E-state index contributed by atoms with van der Waals surface area (Å²) in [7, 11) is 11.5. The van der Waals surface area contributed by atoms with Crippen molar-refractivity contribution in [2.75, 3.05) is 81.7 Å². The molecule has 568 valence electrons. The number of ether oxygens (including phenoxy) is 9. The first-order valence-electron chi connectivity index (χ1n) is 36.3. The molecule has 0 aromatic carbocycles. The van der Waals surface area contributed by atoms with Gasteiger partial charge < -0.3 is 68.2 Å². The Bertz CT molecular complexity index is 2710. The fraction of sp³-hybridized carbons (Fsp3) is 0.915. The molecule has 24 atom stereocenters. The van der Waals surface area contributed by atoms with Crippen molar-refractivity contribution in [1.82, 2.24) is 30.2 Å². The van der Waals surface area contributed by atoms with Gasteiger partial charge in [0.2, 0.25) is 0 Å². The first-order valence-corrected chi connectivity index (χ1v) is 36.3. The third-order valence-electron chi connectivity index (χ3n) is 21.9. The van der Waals surface area contributed by atoms with E-state index in [-0.39, 0.29) is 83.8 Å². The molecule has 5 aliphatic heterocycles. The molecule has 0 aromatic rings. The fourth-order valence-electron chi connectivity index (χ4n) is 16.2. The van der Waals surface area contributed by atoms with E-state index in [1.54, 1.807) is 51.7 Å². The SMILES string of the molecule is CC[C@@H](O)[C@@]1(C)OC(=O)N(CCCCN=[N+]=[N-])[C@@H]1[C@@H](C)NC[C@H](C)C[C@@](C)(OC)[C@H](O[C@@H]1OC(C)CC(N(C)C)C1C)[C@@H](C)C(=O)CC(C)=O.CC[C@H]1OC(=O)CC(=O)[C@H](C)[C@@H](O[C@@H]2OC(C)CC(N(C)C)C2C)[C@](C)(OC)C[C@@H](C)CN[C@H](C)[C@H]2N(CCCCN=[N+]=[N-])C(=O)O[C@]12C. The number of azide groups is 2. The second kappa shape index (κ2) is 39.2. The van der Waals surface area contributed by atoms with Crippen LogP contribution >= 0.6 is 0 Å². The highest BCUT2D eigenvalue weighted by molar-refractivity contribution is 5.99. The summed E-state index contributed by atoms with van der Waals surface area (Å²) >= 11 is 0. The Hall–Kier alpha value is -4.80. The Morgan fingerprint density at radius 2 is 1.37 bits per heavy atom. The topological polar surface area (TPSA) is 340 Å². The molecular formula is C71H128N12O16. The number of ketones is 3. The Kier molecular flexibility index (Phi) is 34.3. The van der Waals surface area contributed by atoms with Gasteiger partial charge in [-0.25, -0.2) is 9.59 Å². The first-order chi connectivity index (χ1) is 46.4. The van der Waals surface area contributed by atoms with Crippen molar-refractivity contribution >= 4 is 35.5 Å². The summed E-state index contributed by atoms with van der Waals surface area (Å²) < 4.78 is 56.7. The van der Waals surface area contributed by atoms with Crippen molar-refractivity contribution in [3.63, 3.8) is 0 Å². The molecule has 5 rings (SSSR count). The summed E-state index contributed by atoms with van der Waals surface area (Å²) in [5.41, 5.74) is 13.1. The van der Waals surface area contributed by atoms with Crippen molar-refractivity contribution in [3.8, 4) is 0 Å². The lowest BCUT2D eigenvalue weighted by atomic mass is 9.79. The number of nitrogens with one attached hydrogen (secondary N) is 2. The number of nitrogens with zero attached hydrogens (tertiary/aromatic N) is 10. The van der Waals surface area contributed by atoms with E-state index in [0.29, 0.717) is 90.6 Å². The van der Waals surface area contributed by atoms with Crippen molar-refractivity contribution < 1.29 is 76.5 Å². The van der Waals surface area contributed by atoms with Gasteiger partial charge in [0.05, 0.1) is 60.2 Å². The number of hydrogen-bond donors (Lipinski definition) is 3. The second-order valence-corrected chi connectivity index (χ2v) is 30.6. The minimum Gasteiger partial charge on any atom is -0.458 e. The average molecular weight is 1410 g/mol. The number of hydrogen-bond acceptors (Lipinski definition) is 22. The van der Waals surface area contributed by atoms with E-state index in [2.05, 4.69) is 82.3 Å². The molecule has 5 aliphatic rings. The summed E-state index contributed by atoms with van der Waals surface area (Å²) in [6.45, 7) is 35.3. The van der Waals surface area contributed by atoms with Crippen LogP contribution in [0.3, 0.4) is 0 Å². The largest absolute Gasteiger partial charge is 0.458 e. The molecule has 0 saturated carbocycles. The third-order valence-corrected chi connectivity index (χ3v) is 21.9. The van der Waals surface area contributed by atoms with Crippen LogP contribution in [-0.2, 0) is 61.8 Å². The molecule has 28 nitrogen and oxygen atoms in total. The maximum absolute atomic E-state index is 13.9. The Balaban J connectivity index is 0.000000420. The highest BCUT2D eigenvalue weighted by atomic mass is 16.7. The fourth-order valence-corrected chi connectivity index (χ4v) is 16.2. The summed E-state index contributed by atoms with van der Waals surface area (Å²) in [6, 6.07) is -1.00. The van der Waals surface area contributed by atoms with E-state index in [9.17, 15) is 33.9 Å². The molecule has 5 fully saturated rings. The number of unbranched alkanes of at least 4 members (excludes halogenated alkanes) is 2. The number of aliphatic hydroxyl groups is 1. The highest BCUT2D eigenvalue weighted by Crippen LogP contribution is 2.43. The normalized spacial score (nSPS) is 34.7. The molecule has 99 heavy (non-hydrogen) atoms. The van der Waals surface area contributed by atoms with Gasteiger partial charge in [-0.2, -0.15) is 0 Å². The van der Waals surface area contributed by atoms with Crippen LogP contribution < -0.4 is 10.6 Å². The van der Waals surface area contributed by atoms with Crippen molar-refractivity contribution in [2.24, 2.45) is 45.7 Å². The third kappa shape index (κ3) is 22.6. The van der Waals surface area contributed by atoms with E-state index < -0.39 is 108 Å². The van der Waals surface area contributed by atoms with E-state index in [0.717, 1.165) is 12.8 Å². The summed E-state index contributed by atoms with van der Waals surface area (Å²) in [5.74, 6) is -2.66. The monoisotopic (exact) mass is 1400 g/mol. The molecule has 6 unspecified atom stereocenters. The quantitative estimate of drug-likeness (QED) is 0.0107. The van der Waals surface area contributed by atoms with Crippen LogP contribution in [0.2, 0.25) is 0 Å². The minimum absolute atomic E-state index is 0.0134. The number of aliphatic hydroxyl groups excluding tert-OH is 1. The van der Waals surface area contributed by atoms with Gasteiger partial charge in [0.1, 0.15) is 29.9 Å².